The second-order valence-electron chi connectivity index (χ2n) is 7.19. The number of aliphatic hydroxyl groups is 1. The molecular formula is C21H16ClF2N5O. The van der Waals surface area contributed by atoms with Crippen molar-refractivity contribution < 1.29 is 13.9 Å². The number of hydrogen-bond donors (Lipinski definition) is 1. The van der Waals surface area contributed by atoms with Gasteiger partial charge in [-0.15, -0.1) is 16.6 Å². The highest BCUT2D eigenvalue weighted by Gasteiger charge is 2.21. The average Bonchev–Trinajstić information content (AvgIpc) is 3.16. The van der Waals surface area contributed by atoms with Crippen LogP contribution in [0.2, 0.25) is 5.02 Å². The van der Waals surface area contributed by atoms with Crippen molar-refractivity contribution in [3.63, 3.8) is 0 Å². The lowest BCUT2D eigenvalue weighted by molar-refractivity contribution is 0.123. The molecule has 0 spiro atoms. The van der Waals surface area contributed by atoms with E-state index in [0.717, 1.165) is 0 Å². The summed E-state index contributed by atoms with van der Waals surface area (Å²) in [5.41, 5.74) is 0.0624. The lowest BCUT2D eigenvalue weighted by Gasteiger charge is -2.23. The Morgan fingerprint density at radius 3 is 2.77 bits per heavy atom. The minimum atomic E-state index is -1.42. The van der Waals surface area contributed by atoms with Gasteiger partial charge in [0, 0.05) is 24.5 Å². The molecule has 152 valence electrons. The molecule has 9 heteroatoms. The van der Waals surface area contributed by atoms with Crippen LogP contribution in [-0.2, 0) is 6.42 Å². The fourth-order valence-electron chi connectivity index (χ4n) is 3.30. The van der Waals surface area contributed by atoms with Crippen molar-refractivity contribution in [2.45, 2.75) is 18.9 Å². The summed E-state index contributed by atoms with van der Waals surface area (Å²) in [6.07, 6.45) is 6.85. The second-order valence-corrected chi connectivity index (χ2v) is 7.60. The van der Waals surface area contributed by atoms with Gasteiger partial charge in [-0.2, -0.15) is 4.98 Å². The molecule has 0 amide bonds. The SMILES string of the molecule is C#CC(C)(O)Cc1cc(F)cc(N(C)c2nc3nncn3c3cc(Cl)c(F)cc23)c1. The Labute approximate surface area is 175 Å². The van der Waals surface area contributed by atoms with Crippen LogP contribution in [0.4, 0.5) is 20.3 Å². The lowest BCUT2D eigenvalue weighted by Crippen LogP contribution is -2.24. The molecule has 0 aliphatic rings. The third kappa shape index (κ3) is 3.54. The van der Waals surface area contributed by atoms with E-state index in [1.165, 1.54) is 37.5 Å². The average molecular weight is 428 g/mol. The topological polar surface area (TPSA) is 66.5 Å². The van der Waals surface area contributed by atoms with Gasteiger partial charge in [0.15, 0.2) is 0 Å². The van der Waals surface area contributed by atoms with Crippen LogP contribution < -0.4 is 4.90 Å². The first-order valence-electron chi connectivity index (χ1n) is 8.90. The van der Waals surface area contributed by atoms with Crippen LogP contribution in [0.1, 0.15) is 12.5 Å². The number of nitrogens with zero attached hydrogens (tertiary/aromatic N) is 5. The quantitative estimate of drug-likeness (QED) is 0.500. The van der Waals surface area contributed by atoms with E-state index in [-0.39, 0.29) is 17.2 Å². The number of fused-ring (bicyclic) bond motifs is 3. The highest BCUT2D eigenvalue weighted by atomic mass is 35.5. The van der Waals surface area contributed by atoms with Crippen molar-refractivity contribution in [1.29, 1.82) is 0 Å². The Bertz CT molecular complexity index is 1330. The fourth-order valence-corrected chi connectivity index (χ4v) is 3.46. The molecule has 1 N–H and O–H groups in total. The Morgan fingerprint density at radius 1 is 1.27 bits per heavy atom. The zero-order valence-electron chi connectivity index (χ0n) is 16.1. The van der Waals surface area contributed by atoms with Gasteiger partial charge < -0.3 is 10.0 Å². The van der Waals surface area contributed by atoms with E-state index < -0.39 is 17.2 Å². The molecular weight excluding hydrogens is 412 g/mol. The molecule has 0 saturated heterocycles. The number of halogens is 3. The van der Waals surface area contributed by atoms with E-state index in [1.54, 1.807) is 22.4 Å². The first-order valence-corrected chi connectivity index (χ1v) is 9.28. The van der Waals surface area contributed by atoms with Crippen LogP contribution in [0.3, 0.4) is 0 Å². The van der Waals surface area contributed by atoms with Gasteiger partial charge >= 0.3 is 0 Å². The third-order valence-corrected chi connectivity index (χ3v) is 5.07. The van der Waals surface area contributed by atoms with Gasteiger partial charge in [-0.1, -0.05) is 17.5 Å². The first-order chi connectivity index (χ1) is 14.2. The third-order valence-electron chi connectivity index (χ3n) is 4.78. The Balaban J connectivity index is 1.89. The number of hydrogen-bond acceptors (Lipinski definition) is 5. The largest absolute Gasteiger partial charge is 0.378 e. The first kappa shape index (κ1) is 20.0. The van der Waals surface area contributed by atoms with E-state index in [1.807, 2.05) is 0 Å². The van der Waals surface area contributed by atoms with Crippen molar-refractivity contribution in [3.05, 3.63) is 58.9 Å². The summed E-state index contributed by atoms with van der Waals surface area (Å²) in [7, 11) is 1.67. The van der Waals surface area contributed by atoms with Crippen molar-refractivity contribution in [2.75, 3.05) is 11.9 Å². The van der Waals surface area contributed by atoms with Crippen LogP contribution in [-0.4, -0.2) is 37.3 Å². The minimum absolute atomic E-state index is 0.0538. The van der Waals surface area contributed by atoms with E-state index in [9.17, 15) is 13.9 Å². The fraction of sp³-hybridized carbons (Fsp3) is 0.190. The van der Waals surface area contributed by atoms with Gasteiger partial charge in [0.05, 0.1) is 10.5 Å². The molecule has 2 heterocycles. The van der Waals surface area contributed by atoms with Gasteiger partial charge in [-0.25, -0.2) is 8.78 Å². The number of rotatable bonds is 4. The Hall–Kier alpha value is -3.28. The van der Waals surface area contributed by atoms with Crippen LogP contribution in [0.25, 0.3) is 16.7 Å². The van der Waals surface area contributed by atoms with E-state index in [2.05, 4.69) is 21.1 Å². The normalized spacial score (nSPS) is 13.4. The summed E-state index contributed by atoms with van der Waals surface area (Å²) < 4.78 is 30.2. The summed E-state index contributed by atoms with van der Waals surface area (Å²) in [6.45, 7) is 1.47. The molecule has 30 heavy (non-hydrogen) atoms. The zero-order chi connectivity index (χ0) is 21.6. The number of anilines is 2. The van der Waals surface area contributed by atoms with Crippen molar-refractivity contribution in [1.82, 2.24) is 19.6 Å². The van der Waals surface area contributed by atoms with Gasteiger partial charge in [0.25, 0.3) is 5.78 Å². The predicted octanol–water partition coefficient (Wildman–Crippen LogP) is 3.90. The molecule has 0 bridgehead atoms. The molecule has 4 rings (SSSR count). The van der Waals surface area contributed by atoms with Gasteiger partial charge in [0.2, 0.25) is 0 Å². The molecule has 1 atom stereocenters. The van der Waals surface area contributed by atoms with Gasteiger partial charge in [-0.3, -0.25) is 4.40 Å². The monoisotopic (exact) mass is 427 g/mol. The Kier molecular flexibility index (Phi) is 4.80. The molecule has 0 aliphatic carbocycles. The summed E-state index contributed by atoms with van der Waals surface area (Å²) in [4.78, 5) is 6.06. The molecule has 0 radical (unpaired) electrons. The van der Waals surface area contributed by atoms with Crippen molar-refractivity contribution in [2.24, 2.45) is 0 Å². The summed E-state index contributed by atoms with van der Waals surface area (Å²) in [5, 5.41) is 18.3. The van der Waals surface area contributed by atoms with E-state index in [4.69, 9.17) is 18.0 Å². The van der Waals surface area contributed by atoms with Crippen molar-refractivity contribution >= 4 is 39.8 Å². The van der Waals surface area contributed by atoms with E-state index >= 15 is 0 Å². The van der Waals surface area contributed by atoms with Crippen LogP contribution in [0, 0.1) is 24.0 Å². The molecule has 0 fully saturated rings. The van der Waals surface area contributed by atoms with Crippen molar-refractivity contribution in [3.8, 4) is 12.3 Å². The summed E-state index contributed by atoms with van der Waals surface area (Å²) in [5.74, 6) is 1.77. The standard InChI is InChI=1S/C21H16ClF2N5O/c1-4-21(2,30)10-12-5-13(23)7-14(6-12)28(3)19-15-8-17(24)16(22)9-18(15)29-11-25-27-20(29)26-19/h1,5-9,11,30H,10H2,2-3H3. The maximum absolute atomic E-state index is 14.3. The van der Waals surface area contributed by atoms with E-state index in [0.29, 0.717) is 28.0 Å². The van der Waals surface area contributed by atoms with Gasteiger partial charge in [0.1, 0.15) is 29.4 Å². The Morgan fingerprint density at radius 2 is 2.03 bits per heavy atom. The van der Waals surface area contributed by atoms with Crippen LogP contribution >= 0.6 is 11.6 Å². The molecule has 2 aromatic heterocycles. The zero-order valence-corrected chi connectivity index (χ0v) is 16.8. The number of aromatic nitrogens is 4. The molecule has 2 aromatic carbocycles. The van der Waals surface area contributed by atoms with Crippen LogP contribution in [0.5, 0.6) is 0 Å². The highest BCUT2D eigenvalue weighted by Crippen LogP contribution is 2.33. The summed E-state index contributed by atoms with van der Waals surface area (Å²) in [6, 6.07) is 7.02. The van der Waals surface area contributed by atoms with Gasteiger partial charge in [-0.05, 0) is 42.8 Å². The maximum atomic E-state index is 14.3. The predicted molar refractivity (Wildman–Crippen MR) is 111 cm³/mol. The lowest BCUT2D eigenvalue weighted by atomic mass is 9.97. The second kappa shape index (κ2) is 7.20. The molecule has 4 aromatic rings. The maximum Gasteiger partial charge on any atom is 0.257 e. The minimum Gasteiger partial charge on any atom is -0.378 e. The number of terminal acetylenes is 1. The van der Waals surface area contributed by atoms with Crippen LogP contribution in [0.15, 0.2) is 36.7 Å². The molecule has 0 aliphatic heterocycles. The molecule has 0 saturated carbocycles. The summed E-state index contributed by atoms with van der Waals surface area (Å²) >= 11 is 5.97. The molecule has 6 nitrogen and oxygen atoms in total. The number of benzene rings is 2. The highest BCUT2D eigenvalue weighted by molar-refractivity contribution is 6.31. The molecule has 1 unspecified atom stereocenters. The smallest absolute Gasteiger partial charge is 0.257 e.